The van der Waals surface area contributed by atoms with Crippen LogP contribution in [0.25, 0.3) is 0 Å². The van der Waals surface area contributed by atoms with Crippen LogP contribution in [-0.2, 0) is 0 Å². The average Bonchev–Trinajstić information content (AvgIpc) is 2.62. The maximum Gasteiger partial charge on any atom is 0.573 e. The van der Waals surface area contributed by atoms with Crippen molar-refractivity contribution in [3.63, 3.8) is 0 Å². The molecule has 0 saturated carbocycles. The Balaban J connectivity index is 2.37. The zero-order valence-electron chi connectivity index (χ0n) is 8.92. The third-order valence-corrected chi connectivity index (χ3v) is 2.79. The number of alkyl halides is 3. The van der Waals surface area contributed by atoms with E-state index < -0.39 is 18.1 Å². The maximum absolute atomic E-state index is 12.3. The van der Waals surface area contributed by atoms with Crippen LogP contribution in [0.4, 0.5) is 23.7 Å². The van der Waals surface area contributed by atoms with E-state index in [0.717, 1.165) is 0 Å². The van der Waals surface area contributed by atoms with Crippen molar-refractivity contribution >= 4 is 27.6 Å². The van der Waals surface area contributed by atoms with Gasteiger partial charge in [-0.05, 0) is 18.2 Å². The van der Waals surface area contributed by atoms with Crippen LogP contribution in [0.3, 0.4) is 0 Å². The second kappa shape index (κ2) is 4.68. The molecular weight excluding hydrogens is 317 g/mol. The fourth-order valence-electron chi connectivity index (χ4n) is 1.62. The molecule has 1 aliphatic rings. The molecule has 0 unspecified atom stereocenters. The van der Waals surface area contributed by atoms with Crippen molar-refractivity contribution in [2.75, 3.05) is 18.0 Å². The number of nitrogens with zero attached hydrogens (tertiary/aromatic N) is 1. The van der Waals surface area contributed by atoms with Crippen LogP contribution in [0, 0.1) is 0 Å². The highest BCUT2D eigenvalue weighted by Crippen LogP contribution is 2.35. The van der Waals surface area contributed by atoms with Gasteiger partial charge in [0.2, 0.25) is 0 Å². The number of carbonyl (C=O) groups excluding carboxylic acids is 1. The van der Waals surface area contributed by atoms with Gasteiger partial charge >= 0.3 is 12.4 Å². The minimum Gasteiger partial charge on any atom is -0.404 e. The van der Waals surface area contributed by atoms with Crippen molar-refractivity contribution in [3.8, 4) is 5.75 Å². The van der Waals surface area contributed by atoms with Gasteiger partial charge in [-0.25, -0.2) is 4.79 Å². The lowest BCUT2D eigenvalue weighted by Crippen LogP contribution is -2.29. The maximum atomic E-state index is 12.3. The first-order chi connectivity index (χ1) is 8.37. The van der Waals surface area contributed by atoms with Gasteiger partial charge in [-0.3, -0.25) is 4.90 Å². The lowest BCUT2D eigenvalue weighted by atomic mass is 10.2. The minimum atomic E-state index is -4.80. The van der Waals surface area contributed by atoms with Gasteiger partial charge in [0.25, 0.3) is 0 Å². The molecular formula is C10H8BrF3N2O2. The molecule has 8 heteroatoms. The summed E-state index contributed by atoms with van der Waals surface area (Å²) in [4.78, 5) is 12.6. The fourth-order valence-corrected chi connectivity index (χ4v) is 1.96. The molecule has 0 bridgehead atoms. The highest BCUT2D eigenvalue weighted by molar-refractivity contribution is 9.10. The van der Waals surface area contributed by atoms with Crippen LogP contribution in [0.1, 0.15) is 0 Å². The number of hydrogen-bond acceptors (Lipinski definition) is 2. The van der Waals surface area contributed by atoms with E-state index in [0.29, 0.717) is 17.6 Å². The number of amides is 2. The molecule has 0 spiro atoms. The molecule has 1 saturated heterocycles. The topological polar surface area (TPSA) is 41.6 Å². The molecule has 1 heterocycles. The van der Waals surface area contributed by atoms with Crippen LogP contribution in [0.15, 0.2) is 22.7 Å². The van der Waals surface area contributed by atoms with E-state index in [1.165, 1.54) is 17.0 Å². The number of anilines is 1. The quantitative estimate of drug-likeness (QED) is 0.908. The van der Waals surface area contributed by atoms with E-state index in [1.54, 1.807) is 6.07 Å². The molecule has 2 rings (SSSR count). The number of halogens is 4. The number of carbonyl (C=O) groups is 1. The Kier molecular flexibility index (Phi) is 3.38. The molecule has 0 radical (unpaired) electrons. The first kappa shape index (κ1) is 13.0. The van der Waals surface area contributed by atoms with Gasteiger partial charge in [-0.2, -0.15) is 0 Å². The molecule has 1 aliphatic heterocycles. The van der Waals surface area contributed by atoms with Crippen molar-refractivity contribution in [3.05, 3.63) is 22.7 Å². The van der Waals surface area contributed by atoms with Crippen molar-refractivity contribution in [2.45, 2.75) is 6.36 Å². The molecule has 98 valence electrons. The Morgan fingerprint density at radius 3 is 2.67 bits per heavy atom. The van der Waals surface area contributed by atoms with Crippen molar-refractivity contribution in [1.82, 2.24) is 5.32 Å². The van der Waals surface area contributed by atoms with E-state index in [9.17, 15) is 18.0 Å². The van der Waals surface area contributed by atoms with Crippen LogP contribution >= 0.6 is 15.9 Å². The second-order valence-electron chi connectivity index (χ2n) is 3.54. The molecule has 4 nitrogen and oxygen atoms in total. The van der Waals surface area contributed by atoms with Gasteiger partial charge < -0.3 is 10.1 Å². The molecule has 18 heavy (non-hydrogen) atoms. The molecule has 0 atom stereocenters. The molecule has 1 aromatic carbocycles. The van der Waals surface area contributed by atoms with Gasteiger partial charge in [-0.1, -0.05) is 15.9 Å². The zero-order chi connectivity index (χ0) is 13.3. The number of hydrogen-bond donors (Lipinski definition) is 1. The highest BCUT2D eigenvalue weighted by Gasteiger charge is 2.34. The highest BCUT2D eigenvalue weighted by atomic mass is 79.9. The minimum absolute atomic E-state index is 0.0884. The van der Waals surface area contributed by atoms with E-state index in [4.69, 9.17) is 0 Å². The van der Waals surface area contributed by atoms with Crippen LogP contribution in [0.2, 0.25) is 0 Å². The van der Waals surface area contributed by atoms with Crippen molar-refractivity contribution in [1.29, 1.82) is 0 Å². The van der Waals surface area contributed by atoms with Gasteiger partial charge in [0.15, 0.2) is 5.75 Å². The first-order valence-corrected chi connectivity index (χ1v) is 5.77. The van der Waals surface area contributed by atoms with E-state index in [-0.39, 0.29) is 5.69 Å². The number of nitrogens with one attached hydrogen (secondary N) is 1. The Labute approximate surface area is 109 Å². The third kappa shape index (κ3) is 2.87. The monoisotopic (exact) mass is 324 g/mol. The molecule has 1 aromatic rings. The predicted molar refractivity (Wildman–Crippen MR) is 61.6 cm³/mol. The summed E-state index contributed by atoms with van der Waals surface area (Å²) < 4.78 is 41.2. The molecule has 1 fully saturated rings. The first-order valence-electron chi connectivity index (χ1n) is 4.97. The van der Waals surface area contributed by atoms with Gasteiger partial charge in [0, 0.05) is 17.6 Å². The Bertz CT molecular complexity index is 479. The van der Waals surface area contributed by atoms with Gasteiger partial charge in [-0.15, -0.1) is 13.2 Å². The molecule has 2 amide bonds. The number of benzene rings is 1. The largest absolute Gasteiger partial charge is 0.573 e. The number of urea groups is 1. The SMILES string of the molecule is O=C1NCCN1c1ccc(Br)cc1OC(F)(F)F. The summed E-state index contributed by atoms with van der Waals surface area (Å²) in [5.41, 5.74) is 0.0884. The summed E-state index contributed by atoms with van der Waals surface area (Å²) in [7, 11) is 0. The molecule has 0 aromatic heterocycles. The summed E-state index contributed by atoms with van der Waals surface area (Å²) in [6, 6.07) is 3.68. The zero-order valence-corrected chi connectivity index (χ0v) is 10.5. The number of rotatable bonds is 2. The van der Waals surface area contributed by atoms with E-state index in [1.807, 2.05) is 0 Å². The van der Waals surface area contributed by atoms with Gasteiger partial charge in [0.1, 0.15) is 0 Å². The number of ether oxygens (including phenoxy) is 1. The van der Waals surface area contributed by atoms with Crippen LogP contribution in [0.5, 0.6) is 5.75 Å². The Morgan fingerprint density at radius 2 is 2.11 bits per heavy atom. The lowest BCUT2D eigenvalue weighted by Gasteiger charge is -2.19. The van der Waals surface area contributed by atoms with Crippen molar-refractivity contribution in [2.24, 2.45) is 0 Å². The van der Waals surface area contributed by atoms with Crippen molar-refractivity contribution < 1.29 is 22.7 Å². The average molecular weight is 325 g/mol. The lowest BCUT2D eigenvalue weighted by molar-refractivity contribution is -0.274. The summed E-state index contributed by atoms with van der Waals surface area (Å²) in [6.07, 6.45) is -4.80. The predicted octanol–water partition coefficient (Wildman–Crippen LogP) is 2.88. The normalized spacial score (nSPS) is 15.8. The summed E-state index contributed by atoms with van der Waals surface area (Å²) in [6.45, 7) is 0.690. The second-order valence-corrected chi connectivity index (χ2v) is 4.46. The fraction of sp³-hybridized carbons (Fsp3) is 0.300. The molecule has 0 aliphatic carbocycles. The summed E-state index contributed by atoms with van der Waals surface area (Å²) in [5.74, 6) is -0.408. The van der Waals surface area contributed by atoms with E-state index >= 15 is 0 Å². The van der Waals surface area contributed by atoms with Crippen LogP contribution < -0.4 is 15.0 Å². The smallest absolute Gasteiger partial charge is 0.404 e. The molecule has 1 N–H and O–H groups in total. The van der Waals surface area contributed by atoms with E-state index in [2.05, 4.69) is 26.0 Å². The Hall–Kier alpha value is -1.44. The summed E-state index contributed by atoms with van der Waals surface area (Å²) in [5, 5.41) is 2.51. The standard InChI is InChI=1S/C10H8BrF3N2O2/c11-6-1-2-7(16-4-3-15-9(16)17)8(5-6)18-10(12,13)14/h1-2,5H,3-4H2,(H,15,17). The van der Waals surface area contributed by atoms with Gasteiger partial charge in [0.05, 0.1) is 5.69 Å². The Morgan fingerprint density at radius 1 is 1.39 bits per heavy atom. The third-order valence-electron chi connectivity index (χ3n) is 2.30. The summed E-state index contributed by atoms with van der Waals surface area (Å²) >= 11 is 3.06. The van der Waals surface area contributed by atoms with Crippen LogP contribution in [-0.4, -0.2) is 25.5 Å².